The molecule has 38 heavy (non-hydrogen) atoms. The van der Waals surface area contributed by atoms with Crippen LogP contribution in [0.15, 0.2) is 84.9 Å². The van der Waals surface area contributed by atoms with E-state index in [4.69, 9.17) is 0 Å². The summed E-state index contributed by atoms with van der Waals surface area (Å²) in [5, 5.41) is 8.02. The molecule has 0 aliphatic rings. The van der Waals surface area contributed by atoms with Gasteiger partial charge in [-0.15, -0.1) is 22.7 Å². The number of hydrogen-bond donors (Lipinski definition) is 0. The molecule has 2 heteroatoms. The van der Waals surface area contributed by atoms with Crippen LogP contribution in [-0.2, 0) is 12.8 Å². The van der Waals surface area contributed by atoms with Crippen LogP contribution in [-0.4, -0.2) is 0 Å². The van der Waals surface area contributed by atoms with Crippen LogP contribution in [0.3, 0.4) is 0 Å². The van der Waals surface area contributed by atoms with Gasteiger partial charge in [-0.05, 0) is 106 Å². The Bertz CT molecular complexity index is 1570. The highest BCUT2D eigenvalue weighted by Crippen LogP contribution is 2.38. The lowest BCUT2D eigenvalue weighted by molar-refractivity contribution is 0.722. The zero-order valence-corrected chi connectivity index (χ0v) is 24.2. The monoisotopic (exact) mass is 532 g/mol. The third-order valence-corrected chi connectivity index (χ3v) is 10.2. The van der Waals surface area contributed by atoms with E-state index in [9.17, 15) is 0 Å². The molecule has 0 radical (unpaired) electrons. The summed E-state index contributed by atoms with van der Waals surface area (Å²) >= 11 is 3.92. The van der Waals surface area contributed by atoms with E-state index in [1.54, 1.807) is 0 Å². The van der Waals surface area contributed by atoms with Crippen LogP contribution in [0.5, 0.6) is 0 Å². The van der Waals surface area contributed by atoms with Crippen LogP contribution >= 0.6 is 22.7 Å². The van der Waals surface area contributed by atoms with E-state index in [0.717, 1.165) is 0 Å². The second kappa shape index (κ2) is 11.4. The van der Waals surface area contributed by atoms with Crippen LogP contribution in [0.25, 0.3) is 53.2 Å². The maximum absolute atomic E-state index is 2.41. The number of fused-ring (bicyclic) bond motifs is 5. The first-order valence-electron chi connectivity index (χ1n) is 14.3. The molecule has 6 rings (SSSR count). The number of rotatable bonds is 10. The summed E-state index contributed by atoms with van der Waals surface area (Å²) in [5.74, 6) is 0. The molecule has 2 heterocycles. The van der Waals surface area contributed by atoms with Crippen molar-refractivity contribution < 1.29 is 0 Å². The molecule has 0 nitrogen and oxygen atoms in total. The third-order valence-electron chi connectivity index (χ3n) is 7.78. The maximum Gasteiger partial charge on any atom is 0.0345 e. The molecule has 192 valence electrons. The summed E-state index contributed by atoms with van der Waals surface area (Å²) in [6.45, 7) is 4.55. The van der Waals surface area contributed by atoms with E-state index in [-0.39, 0.29) is 0 Å². The lowest BCUT2D eigenvalue weighted by atomic mass is 9.95. The molecule has 2 aromatic heterocycles. The van der Waals surface area contributed by atoms with Gasteiger partial charge in [-0.2, -0.15) is 0 Å². The normalized spacial score (nSPS) is 11.7. The third kappa shape index (κ3) is 5.17. The Kier molecular flexibility index (Phi) is 7.63. The van der Waals surface area contributed by atoms with Gasteiger partial charge in [-0.3, -0.25) is 0 Å². The zero-order chi connectivity index (χ0) is 25.9. The predicted molar refractivity (Wildman–Crippen MR) is 172 cm³/mol. The summed E-state index contributed by atoms with van der Waals surface area (Å²) in [6, 6.07) is 32.6. The van der Waals surface area contributed by atoms with Gasteiger partial charge in [0, 0.05) is 19.5 Å². The fourth-order valence-corrected chi connectivity index (χ4v) is 7.70. The number of hydrogen-bond acceptors (Lipinski definition) is 2. The first-order valence-corrected chi connectivity index (χ1v) is 15.9. The average Bonchev–Trinajstić information content (AvgIpc) is 3.63. The van der Waals surface area contributed by atoms with E-state index < -0.39 is 0 Å². The molecule has 4 aromatic carbocycles. The number of aryl methyl sites for hydroxylation is 2. The van der Waals surface area contributed by atoms with Crippen molar-refractivity contribution in [2.45, 2.75) is 65.2 Å². The van der Waals surface area contributed by atoms with Gasteiger partial charge in [0.1, 0.15) is 0 Å². The fraction of sp³-hybridized carbons (Fsp3) is 0.278. The van der Waals surface area contributed by atoms with Gasteiger partial charge in [-0.25, -0.2) is 0 Å². The molecular formula is C36H36S2. The van der Waals surface area contributed by atoms with Crippen LogP contribution in [0.4, 0.5) is 0 Å². The van der Waals surface area contributed by atoms with Crippen molar-refractivity contribution in [2.75, 3.05) is 0 Å². The predicted octanol–water partition coefficient (Wildman–Crippen LogP) is 12.1. The van der Waals surface area contributed by atoms with Gasteiger partial charge in [-0.1, -0.05) is 88.1 Å². The van der Waals surface area contributed by atoms with Crippen molar-refractivity contribution in [1.29, 1.82) is 0 Å². The van der Waals surface area contributed by atoms with Gasteiger partial charge in [0.15, 0.2) is 0 Å². The van der Waals surface area contributed by atoms with E-state index in [1.807, 2.05) is 22.7 Å². The first-order chi connectivity index (χ1) is 18.7. The van der Waals surface area contributed by atoms with Crippen molar-refractivity contribution in [1.82, 2.24) is 0 Å². The molecule has 0 spiro atoms. The zero-order valence-electron chi connectivity index (χ0n) is 22.6. The van der Waals surface area contributed by atoms with Crippen molar-refractivity contribution in [3.05, 3.63) is 94.7 Å². The summed E-state index contributed by atoms with van der Waals surface area (Å²) < 4.78 is 0. The van der Waals surface area contributed by atoms with Crippen molar-refractivity contribution >= 4 is 55.0 Å². The molecule has 0 amide bonds. The average molecular weight is 533 g/mol. The Morgan fingerprint density at radius 3 is 1.34 bits per heavy atom. The fourth-order valence-electron chi connectivity index (χ4n) is 5.61. The number of unbranched alkanes of at least 4 members (excludes halogenated alkanes) is 4. The van der Waals surface area contributed by atoms with Crippen molar-refractivity contribution in [3.8, 4) is 20.9 Å². The molecule has 0 saturated heterocycles. The summed E-state index contributed by atoms with van der Waals surface area (Å²) in [4.78, 5) is 5.77. The highest BCUT2D eigenvalue weighted by molar-refractivity contribution is 7.15. The van der Waals surface area contributed by atoms with Gasteiger partial charge in [0.05, 0.1) is 0 Å². The van der Waals surface area contributed by atoms with Crippen molar-refractivity contribution in [3.63, 3.8) is 0 Å². The van der Waals surface area contributed by atoms with Gasteiger partial charge < -0.3 is 0 Å². The summed E-state index contributed by atoms with van der Waals surface area (Å²) in [7, 11) is 0. The second-order valence-corrected chi connectivity index (χ2v) is 12.9. The SMILES string of the molecule is CCCCCc1ccc(-c2ccc3ccc4c5cc(-c6ccc(CCCCC)s6)ccc5ccc4c3c2)s1. The topological polar surface area (TPSA) is 0 Å². The van der Waals surface area contributed by atoms with E-state index in [2.05, 4.69) is 98.8 Å². The number of benzene rings is 4. The number of thiophene rings is 2. The summed E-state index contributed by atoms with van der Waals surface area (Å²) in [5.41, 5.74) is 2.67. The standard InChI is InChI=1S/C36H36S2/c1-3-5-7-9-29-17-21-35(37-29)27-13-11-25-15-20-32-31(33(25)23-27)19-16-26-12-14-28(24-34(26)32)36-22-18-30(38-36)10-8-6-4-2/h11-24H,3-10H2,1-2H3. The van der Waals surface area contributed by atoms with Gasteiger partial charge >= 0.3 is 0 Å². The van der Waals surface area contributed by atoms with E-state index >= 15 is 0 Å². The molecule has 0 fully saturated rings. The minimum atomic E-state index is 1.20. The summed E-state index contributed by atoms with van der Waals surface area (Å²) in [6.07, 6.45) is 10.2. The maximum atomic E-state index is 2.41. The minimum absolute atomic E-state index is 1.20. The Hall–Kier alpha value is -2.94. The molecule has 0 bridgehead atoms. The largest absolute Gasteiger partial charge is 0.140 e. The molecule has 0 atom stereocenters. The molecule has 0 unspecified atom stereocenters. The van der Waals surface area contributed by atoms with Crippen LogP contribution in [0, 0.1) is 0 Å². The molecule has 0 aliphatic heterocycles. The smallest absolute Gasteiger partial charge is 0.0345 e. The van der Waals surface area contributed by atoms with Crippen LogP contribution in [0.2, 0.25) is 0 Å². The highest BCUT2D eigenvalue weighted by atomic mass is 32.1. The quantitative estimate of drug-likeness (QED) is 0.122. The lowest BCUT2D eigenvalue weighted by Gasteiger charge is -2.10. The molecule has 0 aliphatic carbocycles. The van der Waals surface area contributed by atoms with Gasteiger partial charge in [0.25, 0.3) is 0 Å². The van der Waals surface area contributed by atoms with Crippen molar-refractivity contribution in [2.24, 2.45) is 0 Å². The lowest BCUT2D eigenvalue weighted by Crippen LogP contribution is -1.83. The van der Waals surface area contributed by atoms with Crippen LogP contribution < -0.4 is 0 Å². The molecular weight excluding hydrogens is 497 g/mol. The minimum Gasteiger partial charge on any atom is -0.140 e. The van der Waals surface area contributed by atoms with Gasteiger partial charge in [0.2, 0.25) is 0 Å². The van der Waals surface area contributed by atoms with Crippen LogP contribution in [0.1, 0.15) is 62.1 Å². The first kappa shape index (κ1) is 25.3. The molecule has 6 aromatic rings. The Morgan fingerprint density at radius 1 is 0.447 bits per heavy atom. The Balaban J connectivity index is 1.38. The molecule has 0 N–H and O–H groups in total. The Morgan fingerprint density at radius 2 is 0.895 bits per heavy atom. The highest BCUT2D eigenvalue weighted by Gasteiger charge is 2.10. The van der Waals surface area contributed by atoms with E-state index in [0.29, 0.717) is 0 Å². The second-order valence-electron chi connectivity index (χ2n) is 10.5. The Labute approximate surface area is 235 Å². The molecule has 0 saturated carbocycles. The van der Waals surface area contributed by atoms with E-state index in [1.165, 1.54) is 114 Å².